The average molecular weight is 370 g/mol. The van der Waals surface area contributed by atoms with Gasteiger partial charge in [-0.1, -0.05) is 0 Å². The van der Waals surface area contributed by atoms with Crippen LogP contribution in [-0.2, 0) is 0 Å². The number of amides is 1. The van der Waals surface area contributed by atoms with E-state index in [-0.39, 0.29) is 5.91 Å². The molecule has 134 valence electrons. The maximum Gasteiger partial charge on any atom is 0.261 e. The zero-order valence-electron chi connectivity index (χ0n) is 14.6. The van der Waals surface area contributed by atoms with Crippen molar-refractivity contribution in [3.8, 4) is 28.5 Å². The van der Waals surface area contributed by atoms with Crippen LogP contribution in [0, 0.1) is 0 Å². The normalized spacial score (nSPS) is 10.3. The summed E-state index contributed by atoms with van der Waals surface area (Å²) in [5.74, 6) is 1.55. The van der Waals surface area contributed by atoms with E-state index in [0.29, 0.717) is 22.2 Å². The summed E-state index contributed by atoms with van der Waals surface area (Å²) in [6, 6.07) is 12.6. The van der Waals surface area contributed by atoms with E-state index in [1.54, 1.807) is 32.4 Å². The lowest BCUT2D eigenvalue weighted by Crippen LogP contribution is -2.13. The van der Waals surface area contributed by atoms with E-state index >= 15 is 0 Å². The fourth-order valence-corrected chi connectivity index (χ4v) is 3.09. The minimum Gasteiger partial charge on any atom is -0.497 e. The molecule has 0 spiro atoms. The summed E-state index contributed by atoms with van der Waals surface area (Å²) in [6.07, 6.45) is 0. The van der Waals surface area contributed by atoms with E-state index in [4.69, 9.17) is 14.2 Å². The lowest BCUT2D eigenvalue weighted by atomic mass is 10.1. The molecule has 26 heavy (non-hydrogen) atoms. The summed E-state index contributed by atoms with van der Waals surface area (Å²) < 4.78 is 15.6. The van der Waals surface area contributed by atoms with Gasteiger partial charge in [0.15, 0.2) is 5.13 Å². The van der Waals surface area contributed by atoms with Crippen LogP contribution in [0.2, 0.25) is 0 Å². The van der Waals surface area contributed by atoms with Crippen LogP contribution < -0.4 is 19.5 Å². The number of rotatable bonds is 6. The van der Waals surface area contributed by atoms with E-state index in [1.807, 2.05) is 29.6 Å². The van der Waals surface area contributed by atoms with Crippen molar-refractivity contribution in [2.75, 3.05) is 26.6 Å². The predicted molar refractivity (Wildman–Crippen MR) is 102 cm³/mol. The second-order valence-electron chi connectivity index (χ2n) is 5.29. The summed E-state index contributed by atoms with van der Waals surface area (Å²) in [7, 11) is 4.69. The number of carbonyl (C=O) groups is 1. The Hall–Kier alpha value is -3.06. The number of nitrogens with zero attached hydrogens (tertiary/aromatic N) is 1. The quantitative estimate of drug-likeness (QED) is 0.708. The third kappa shape index (κ3) is 3.78. The van der Waals surface area contributed by atoms with E-state index < -0.39 is 0 Å². The molecule has 0 saturated heterocycles. The van der Waals surface area contributed by atoms with Gasteiger partial charge in [-0.05, 0) is 36.4 Å². The van der Waals surface area contributed by atoms with Gasteiger partial charge in [0, 0.05) is 17.0 Å². The Morgan fingerprint density at radius 1 is 0.962 bits per heavy atom. The Balaban J connectivity index is 1.77. The van der Waals surface area contributed by atoms with Crippen LogP contribution in [0.1, 0.15) is 10.4 Å². The Labute approximate surface area is 155 Å². The SMILES string of the molecule is COc1ccc(-c2csc(NC(=O)c3ccc(OC)cc3OC)n2)cc1. The summed E-state index contributed by atoms with van der Waals surface area (Å²) in [5.41, 5.74) is 2.15. The minimum absolute atomic E-state index is 0.292. The standard InChI is InChI=1S/C19H18N2O4S/c1-23-13-6-4-12(5-7-13)16-11-26-19(20-16)21-18(22)15-9-8-14(24-2)10-17(15)25-3/h4-11H,1-3H3,(H,20,21,22). The Bertz CT molecular complexity index is 906. The fourth-order valence-electron chi connectivity index (χ4n) is 2.38. The fraction of sp³-hybridized carbons (Fsp3) is 0.158. The van der Waals surface area contributed by atoms with Gasteiger partial charge in [-0.25, -0.2) is 4.98 Å². The number of anilines is 1. The molecule has 7 heteroatoms. The number of carbonyl (C=O) groups excluding carboxylic acids is 1. The van der Waals surface area contributed by atoms with Crippen molar-refractivity contribution in [2.24, 2.45) is 0 Å². The molecule has 0 saturated carbocycles. The predicted octanol–water partition coefficient (Wildman–Crippen LogP) is 4.09. The molecule has 3 rings (SSSR count). The molecule has 0 bridgehead atoms. The molecule has 0 aliphatic heterocycles. The number of nitrogens with one attached hydrogen (secondary N) is 1. The third-order valence-electron chi connectivity index (χ3n) is 3.76. The van der Waals surface area contributed by atoms with Gasteiger partial charge in [0.2, 0.25) is 0 Å². The summed E-state index contributed by atoms with van der Waals surface area (Å²) in [4.78, 5) is 17.0. The number of thiazole rings is 1. The van der Waals surface area contributed by atoms with Crippen molar-refractivity contribution in [2.45, 2.75) is 0 Å². The number of benzene rings is 2. The first-order chi connectivity index (χ1) is 12.6. The maximum absolute atomic E-state index is 12.5. The number of methoxy groups -OCH3 is 3. The molecule has 0 radical (unpaired) electrons. The number of aromatic nitrogens is 1. The molecule has 0 aliphatic carbocycles. The van der Waals surface area contributed by atoms with Crippen molar-refractivity contribution in [1.82, 2.24) is 4.98 Å². The zero-order valence-corrected chi connectivity index (χ0v) is 15.4. The van der Waals surface area contributed by atoms with Crippen LogP contribution in [0.3, 0.4) is 0 Å². The molecule has 1 N–H and O–H groups in total. The number of hydrogen-bond donors (Lipinski definition) is 1. The average Bonchev–Trinajstić information content (AvgIpc) is 3.15. The smallest absolute Gasteiger partial charge is 0.261 e. The van der Waals surface area contributed by atoms with Crippen LogP contribution in [0.25, 0.3) is 11.3 Å². The first-order valence-electron chi connectivity index (χ1n) is 7.78. The minimum atomic E-state index is -0.292. The summed E-state index contributed by atoms with van der Waals surface area (Å²) in [6.45, 7) is 0. The summed E-state index contributed by atoms with van der Waals surface area (Å²) in [5, 5.41) is 5.21. The molecule has 0 atom stereocenters. The third-order valence-corrected chi connectivity index (χ3v) is 4.52. The number of ether oxygens (including phenoxy) is 3. The van der Waals surface area contributed by atoms with E-state index in [0.717, 1.165) is 17.0 Å². The monoisotopic (exact) mass is 370 g/mol. The van der Waals surface area contributed by atoms with Crippen molar-refractivity contribution < 1.29 is 19.0 Å². The molecule has 1 aromatic heterocycles. The second-order valence-corrected chi connectivity index (χ2v) is 6.14. The van der Waals surface area contributed by atoms with Gasteiger partial charge in [-0.15, -0.1) is 11.3 Å². The van der Waals surface area contributed by atoms with Gasteiger partial charge in [-0.3, -0.25) is 10.1 Å². The van der Waals surface area contributed by atoms with E-state index in [1.165, 1.54) is 18.4 Å². The molecule has 1 heterocycles. The Morgan fingerprint density at radius 2 is 1.65 bits per heavy atom. The van der Waals surface area contributed by atoms with E-state index in [9.17, 15) is 4.79 Å². The molecule has 3 aromatic rings. The van der Waals surface area contributed by atoms with Crippen molar-refractivity contribution in [1.29, 1.82) is 0 Å². The molecule has 0 unspecified atom stereocenters. The zero-order chi connectivity index (χ0) is 18.5. The molecule has 0 aliphatic rings. The first kappa shape index (κ1) is 17.8. The van der Waals surface area contributed by atoms with Gasteiger partial charge < -0.3 is 14.2 Å². The van der Waals surface area contributed by atoms with Gasteiger partial charge in [0.25, 0.3) is 5.91 Å². The van der Waals surface area contributed by atoms with Crippen LogP contribution in [0.5, 0.6) is 17.2 Å². The topological polar surface area (TPSA) is 69.7 Å². The molecule has 2 aromatic carbocycles. The lowest BCUT2D eigenvalue weighted by molar-refractivity contribution is 0.102. The van der Waals surface area contributed by atoms with Gasteiger partial charge in [-0.2, -0.15) is 0 Å². The van der Waals surface area contributed by atoms with Crippen LogP contribution in [0.15, 0.2) is 47.8 Å². The molecular formula is C19H18N2O4S. The Kier molecular flexibility index (Phi) is 5.38. The van der Waals surface area contributed by atoms with Gasteiger partial charge >= 0.3 is 0 Å². The van der Waals surface area contributed by atoms with Crippen LogP contribution >= 0.6 is 11.3 Å². The van der Waals surface area contributed by atoms with Crippen molar-refractivity contribution in [3.63, 3.8) is 0 Å². The highest BCUT2D eigenvalue weighted by Crippen LogP contribution is 2.28. The highest BCUT2D eigenvalue weighted by atomic mass is 32.1. The maximum atomic E-state index is 12.5. The first-order valence-corrected chi connectivity index (χ1v) is 8.66. The molecular weight excluding hydrogens is 352 g/mol. The van der Waals surface area contributed by atoms with E-state index in [2.05, 4.69) is 10.3 Å². The largest absolute Gasteiger partial charge is 0.497 e. The van der Waals surface area contributed by atoms with Gasteiger partial charge in [0.05, 0.1) is 32.6 Å². The lowest BCUT2D eigenvalue weighted by Gasteiger charge is -2.09. The highest BCUT2D eigenvalue weighted by molar-refractivity contribution is 7.14. The molecule has 1 amide bonds. The molecule has 6 nitrogen and oxygen atoms in total. The van der Waals surface area contributed by atoms with Gasteiger partial charge in [0.1, 0.15) is 17.2 Å². The second kappa shape index (κ2) is 7.88. The number of hydrogen-bond acceptors (Lipinski definition) is 6. The van der Waals surface area contributed by atoms with Crippen molar-refractivity contribution in [3.05, 3.63) is 53.4 Å². The molecule has 0 fully saturated rings. The highest BCUT2D eigenvalue weighted by Gasteiger charge is 2.15. The van der Waals surface area contributed by atoms with Crippen molar-refractivity contribution >= 4 is 22.4 Å². The van der Waals surface area contributed by atoms with Crippen LogP contribution in [-0.4, -0.2) is 32.2 Å². The Morgan fingerprint density at radius 3 is 2.31 bits per heavy atom. The summed E-state index contributed by atoms with van der Waals surface area (Å²) >= 11 is 1.36. The van der Waals surface area contributed by atoms with Crippen LogP contribution in [0.4, 0.5) is 5.13 Å².